The molecule has 0 saturated heterocycles. The molecular weight excluding hydrogens is 237 g/mol. The van der Waals surface area contributed by atoms with Gasteiger partial charge in [-0.05, 0) is 24.1 Å². The zero-order chi connectivity index (χ0) is 7.84. The monoisotopic (exact) mass is 247 g/mol. The van der Waals surface area contributed by atoms with Crippen molar-refractivity contribution in [1.29, 1.82) is 0 Å². The van der Waals surface area contributed by atoms with Crippen molar-refractivity contribution in [2.75, 3.05) is 0 Å². The second-order valence-electron chi connectivity index (χ2n) is 3.06. The van der Waals surface area contributed by atoms with E-state index >= 15 is 0 Å². The molecule has 0 aromatic heterocycles. The summed E-state index contributed by atoms with van der Waals surface area (Å²) in [5.74, 6) is 0.628. The van der Waals surface area contributed by atoms with Crippen molar-refractivity contribution >= 4 is 28.3 Å². The van der Waals surface area contributed by atoms with Gasteiger partial charge in [0, 0.05) is 16.4 Å². The Morgan fingerprint density at radius 2 is 1.75 bits per heavy atom. The quantitative estimate of drug-likeness (QED) is 0.812. The highest BCUT2D eigenvalue weighted by atomic mass is 79.9. The maximum atomic E-state index is 5.72. The number of hydrogen-bond acceptors (Lipinski definition) is 1. The molecule has 1 nitrogen and oxygen atoms in total. The second kappa shape index (κ2) is 3.77. The Morgan fingerprint density at radius 1 is 1.25 bits per heavy atom. The Balaban J connectivity index is 0.000000720. The minimum absolute atomic E-state index is 0. The van der Waals surface area contributed by atoms with E-state index in [4.69, 9.17) is 5.73 Å². The first-order valence-corrected chi connectivity index (χ1v) is 4.58. The zero-order valence-electron chi connectivity index (χ0n) is 6.53. The van der Waals surface area contributed by atoms with Gasteiger partial charge in [0.05, 0.1) is 0 Å². The molecule has 1 aliphatic rings. The Bertz CT molecular complexity index is 260. The van der Waals surface area contributed by atoms with Crippen LogP contribution in [-0.2, 0) is 0 Å². The minimum Gasteiger partial charge on any atom is -0.327 e. The van der Waals surface area contributed by atoms with Crippen LogP contribution in [0.3, 0.4) is 0 Å². The average Bonchev–Trinajstić information content (AvgIpc) is 2.69. The highest BCUT2D eigenvalue weighted by molar-refractivity contribution is 9.10. The van der Waals surface area contributed by atoms with E-state index in [0.29, 0.717) is 12.0 Å². The maximum Gasteiger partial charge on any atom is 0.0175 e. The highest BCUT2D eigenvalue weighted by Crippen LogP contribution is 2.38. The van der Waals surface area contributed by atoms with Gasteiger partial charge in [-0.3, -0.25) is 0 Å². The third-order valence-electron chi connectivity index (χ3n) is 2.14. The molecular formula is C9H11BrClN. The first-order valence-electron chi connectivity index (χ1n) is 3.78. The first-order chi connectivity index (χ1) is 5.27. The van der Waals surface area contributed by atoms with Crippen LogP contribution in [0.1, 0.15) is 17.9 Å². The molecule has 0 spiro atoms. The fraction of sp³-hybridized carbons (Fsp3) is 0.333. The Labute approximate surface area is 86.9 Å². The number of nitrogens with two attached hydrogens (primary N) is 1. The number of hydrogen-bond donors (Lipinski definition) is 1. The second-order valence-corrected chi connectivity index (χ2v) is 3.97. The topological polar surface area (TPSA) is 26.0 Å². The van der Waals surface area contributed by atoms with Gasteiger partial charge in [0.2, 0.25) is 0 Å². The normalized spacial score (nSPS) is 26.2. The first kappa shape index (κ1) is 10.0. The summed E-state index contributed by atoms with van der Waals surface area (Å²) >= 11 is 3.40. The van der Waals surface area contributed by atoms with E-state index < -0.39 is 0 Å². The van der Waals surface area contributed by atoms with Crippen LogP contribution in [-0.4, -0.2) is 6.04 Å². The van der Waals surface area contributed by atoms with Gasteiger partial charge >= 0.3 is 0 Å². The van der Waals surface area contributed by atoms with Crippen molar-refractivity contribution in [3.05, 3.63) is 34.3 Å². The molecule has 2 atom stereocenters. The molecule has 1 fully saturated rings. The summed E-state index contributed by atoms with van der Waals surface area (Å²) in [6, 6.07) is 8.83. The Morgan fingerprint density at radius 3 is 2.17 bits per heavy atom. The predicted molar refractivity (Wildman–Crippen MR) is 56.7 cm³/mol. The van der Waals surface area contributed by atoms with Crippen LogP contribution in [0.4, 0.5) is 0 Å². The van der Waals surface area contributed by atoms with Crippen LogP contribution in [0.2, 0.25) is 0 Å². The van der Waals surface area contributed by atoms with Gasteiger partial charge in [-0.2, -0.15) is 0 Å². The fourth-order valence-electron chi connectivity index (χ4n) is 1.31. The van der Waals surface area contributed by atoms with Crippen molar-refractivity contribution < 1.29 is 0 Å². The summed E-state index contributed by atoms with van der Waals surface area (Å²) in [7, 11) is 0. The number of rotatable bonds is 1. The lowest BCUT2D eigenvalue weighted by molar-refractivity contribution is 0.990. The Hall–Kier alpha value is -0.0500. The predicted octanol–water partition coefficient (Wildman–Crippen LogP) is 2.69. The van der Waals surface area contributed by atoms with Gasteiger partial charge in [0.1, 0.15) is 0 Å². The molecule has 0 bridgehead atoms. The SMILES string of the molecule is Cl.N[C@@H]1C[C@@H]1c1ccc(Br)cc1. The number of halogens is 2. The zero-order valence-corrected chi connectivity index (χ0v) is 8.94. The van der Waals surface area contributed by atoms with E-state index in [1.165, 1.54) is 5.56 Å². The molecule has 2 rings (SSSR count). The summed E-state index contributed by atoms with van der Waals surface area (Å²) in [4.78, 5) is 0. The largest absolute Gasteiger partial charge is 0.327 e. The summed E-state index contributed by atoms with van der Waals surface area (Å²) in [6.45, 7) is 0. The molecule has 66 valence electrons. The van der Waals surface area contributed by atoms with Crippen molar-refractivity contribution in [2.45, 2.75) is 18.4 Å². The van der Waals surface area contributed by atoms with E-state index in [-0.39, 0.29) is 12.4 Å². The van der Waals surface area contributed by atoms with Crippen LogP contribution in [0.15, 0.2) is 28.7 Å². The third kappa shape index (κ3) is 2.00. The molecule has 0 unspecified atom stereocenters. The van der Waals surface area contributed by atoms with Crippen LogP contribution >= 0.6 is 28.3 Å². The lowest BCUT2D eigenvalue weighted by atomic mass is 10.1. The van der Waals surface area contributed by atoms with Crippen molar-refractivity contribution in [3.63, 3.8) is 0 Å². The average molecular weight is 249 g/mol. The molecule has 2 N–H and O–H groups in total. The van der Waals surface area contributed by atoms with Crippen molar-refractivity contribution in [3.8, 4) is 0 Å². The molecule has 0 radical (unpaired) electrons. The van der Waals surface area contributed by atoms with Crippen LogP contribution in [0.25, 0.3) is 0 Å². The van der Waals surface area contributed by atoms with Gasteiger partial charge < -0.3 is 5.73 Å². The molecule has 3 heteroatoms. The minimum atomic E-state index is 0. The van der Waals surface area contributed by atoms with Crippen LogP contribution in [0.5, 0.6) is 0 Å². The van der Waals surface area contributed by atoms with Crippen molar-refractivity contribution in [2.24, 2.45) is 5.73 Å². The fourth-order valence-corrected chi connectivity index (χ4v) is 1.57. The van der Waals surface area contributed by atoms with E-state index in [1.807, 2.05) is 0 Å². The van der Waals surface area contributed by atoms with E-state index in [1.54, 1.807) is 0 Å². The number of benzene rings is 1. The lowest BCUT2D eigenvalue weighted by Crippen LogP contribution is -2.00. The standard InChI is InChI=1S/C9H10BrN.ClH/c10-7-3-1-6(2-4-7)8-5-9(8)11;/h1-4,8-9H,5,11H2;1H/t8-,9-;/m1./s1. The van der Waals surface area contributed by atoms with Crippen molar-refractivity contribution in [1.82, 2.24) is 0 Å². The summed E-state index contributed by atoms with van der Waals surface area (Å²) < 4.78 is 1.13. The molecule has 0 amide bonds. The summed E-state index contributed by atoms with van der Waals surface area (Å²) in [5, 5.41) is 0. The molecule has 1 aromatic carbocycles. The van der Waals surface area contributed by atoms with Gasteiger partial charge in [-0.1, -0.05) is 28.1 Å². The van der Waals surface area contributed by atoms with E-state index in [9.17, 15) is 0 Å². The Kier molecular flexibility index (Phi) is 3.16. The lowest BCUT2D eigenvalue weighted by Gasteiger charge is -1.96. The van der Waals surface area contributed by atoms with E-state index in [0.717, 1.165) is 10.9 Å². The van der Waals surface area contributed by atoms with Gasteiger partial charge in [-0.15, -0.1) is 12.4 Å². The van der Waals surface area contributed by atoms with Crippen LogP contribution in [0, 0.1) is 0 Å². The van der Waals surface area contributed by atoms with Crippen LogP contribution < -0.4 is 5.73 Å². The molecule has 0 heterocycles. The summed E-state index contributed by atoms with van der Waals surface area (Å²) in [5.41, 5.74) is 7.10. The molecule has 0 aliphatic heterocycles. The maximum absolute atomic E-state index is 5.72. The third-order valence-corrected chi connectivity index (χ3v) is 2.67. The van der Waals surface area contributed by atoms with E-state index in [2.05, 4.69) is 40.2 Å². The molecule has 1 aromatic rings. The van der Waals surface area contributed by atoms with Gasteiger partial charge in [0.15, 0.2) is 0 Å². The highest BCUT2D eigenvalue weighted by Gasteiger charge is 2.34. The van der Waals surface area contributed by atoms with Gasteiger partial charge in [0.25, 0.3) is 0 Å². The molecule has 1 saturated carbocycles. The molecule has 12 heavy (non-hydrogen) atoms. The van der Waals surface area contributed by atoms with Gasteiger partial charge in [-0.25, -0.2) is 0 Å². The smallest absolute Gasteiger partial charge is 0.0175 e. The molecule has 1 aliphatic carbocycles. The summed E-state index contributed by atoms with van der Waals surface area (Å²) in [6.07, 6.45) is 1.15.